The molecule has 12 heteroatoms. The molecule has 3 aliphatic heterocycles. The molecule has 3 unspecified atom stereocenters. The van der Waals surface area contributed by atoms with E-state index in [1.807, 2.05) is 23.5 Å². The lowest BCUT2D eigenvalue weighted by Crippen LogP contribution is -2.41. The third-order valence-corrected chi connectivity index (χ3v) is 32.2. The highest BCUT2D eigenvalue weighted by Crippen LogP contribution is 2.65. The first-order valence-corrected chi connectivity index (χ1v) is 46.2. The van der Waals surface area contributed by atoms with Crippen LogP contribution in [0.4, 0.5) is 0 Å². The second-order valence-electron chi connectivity index (χ2n) is 39.3. The molecule has 3 saturated heterocycles. The number of rotatable bonds is 3. The molecule has 0 saturated carbocycles. The summed E-state index contributed by atoms with van der Waals surface area (Å²) in [5.74, 6) is 0. The van der Waals surface area contributed by atoms with Gasteiger partial charge in [-0.25, -0.2) is 0 Å². The average Bonchev–Trinajstić information content (AvgIpc) is 1.54. The van der Waals surface area contributed by atoms with Crippen molar-refractivity contribution in [1.29, 1.82) is 0 Å². The highest BCUT2D eigenvalue weighted by atomic mass is 32.1. The van der Waals surface area contributed by atoms with Gasteiger partial charge in [0, 0.05) is 47.3 Å². The Balaban J connectivity index is 0.000000105. The topological polar surface area (TPSA) is 81.7 Å². The van der Waals surface area contributed by atoms with Gasteiger partial charge in [-0.3, -0.25) is 0 Å². The van der Waals surface area contributed by atoms with Gasteiger partial charge in [0.25, 0.3) is 0 Å². The molecule has 8 nitrogen and oxygen atoms in total. The van der Waals surface area contributed by atoms with Crippen molar-refractivity contribution < 1.29 is 36.8 Å². The van der Waals surface area contributed by atoms with Gasteiger partial charge in [-0.2, -0.15) is 0 Å². The van der Waals surface area contributed by atoms with Crippen LogP contribution in [-0.2, 0) is 44.2 Å². The summed E-state index contributed by atoms with van der Waals surface area (Å²) in [7, 11) is -1.29. The molecule has 0 bridgehead atoms. The zero-order chi connectivity index (χ0) is 87.4. The third-order valence-electron chi connectivity index (χ3n) is 31.1. The molecule has 6 aliphatic carbocycles. The molecule has 6 heterocycles. The van der Waals surface area contributed by atoms with Crippen LogP contribution in [-0.4, -0.2) is 55.0 Å². The van der Waals surface area contributed by atoms with Crippen molar-refractivity contribution in [3.8, 4) is 33.4 Å². The number of benzene rings is 15. The Morgan fingerprint density at radius 3 is 1.06 bits per heavy atom. The molecule has 0 amide bonds. The van der Waals surface area contributed by atoms with E-state index in [1.165, 1.54) is 154 Å². The number of fused-ring (bicyclic) bond motifs is 39. The Kier molecular flexibility index (Phi) is 16.8. The minimum Gasteiger partial charge on any atom is -0.456 e. The predicted molar refractivity (Wildman–Crippen MR) is 533 cm³/mol. The largest absolute Gasteiger partial charge is 0.494 e. The van der Waals surface area contributed by atoms with Crippen LogP contribution in [0.15, 0.2) is 318 Å². The van der Waals surface area contributed by atoms with Crippen LogP contribution in [0, 0.1) is 0 Å². The molecule has 15 aromatic carbocycles. The van der Waals surface area contributed by atoms with Gasteiger partial charge in [-0.15, -0.1) is 11.3 Å². The Morgan fingerprint density at radius 1 is 0.217 bits per heavy atom. The van der Waals surface area contributed by atoms with Crippen LogP contribution in [0.5, 0.6) is 0 Å². The summed E-state index contributed by atoms with van der Waals surface area (Å²) < 4.78 is 54.8. The minimum atomic E-state index is -0.525. The van der Waals surface area contributed by atoms with Crippen molar-refractivity contribution in [2.45, 2.75) is 133 Å². The lowest BCUT2D eigenvalue weighted by molar-refractivity contribution is 0.00578. The van der Waals surface area contributed by atoms with Crippen molar-refractivity contribution in [3.05, 3.63) is 410 Å². The van der Waals surface area contributed by atoms with Crippen LogP contribution in [0.1, 0.15) is 183 Å². The van der Waals surface area contributed by atoms with Crippen LogP contribution in [0.3, 0.4) is 0 Å². The van der Waals surface area contributed by atoms with Gasteiger partial charge in [-0.1, -0.05) is 316 Å². The molecule has 27 rings (SSSR count). The second-order valence-corrected chi connectivity index (χ2v) is 40.4. The molecule has 3 spiro atoms. The van der Waals surface area contributed by atoms with E-state index in [0.29, 0.717) is 0 Å². The summed E-state index contributed by atoms with van der Waals surface area (Å²) in [5.41, 5.74) is 33.1. The maximum Gasteiger partial charge on any atom is 0.494 e. The molecule has 0 N–H and O–H groups in total. The van der Waals surface area contributed by atoms with E-state index in [4.69, 9.17) is 36.8 Å². The van der Waals surface area contributed by atoms with Crippen LogP contribution < -0.4 is 16.4 Å². The number of furan rings is 2. The highest BCUT2D eigenvalue weighted by molar-refractivity contribution is 7.26. The average molecular weight is 1690 g/mol. The number of hydrogen-bond donors (Lipinski definition) is 0. The monoisotopic (exact) mass is 1690 g/mol. The first-order valence-electron chi connectivity index (χ1n) is 45.4. The van der Waals surface area contributed by atoms with Gasteiger partial charge in [0.2, 0.25) is 0 Å². The molecule has 9 aliphatic rings. The zero-order valence-electron chi connectivity index (χ0n) is 74.3. The third kappa shape index (κ3) is 10.9. The van der Waals surface area contributed by atoms with E-state index in [0.717, 1.165) is 60.4 Å². The first-order chi connectivity index (χ1) is 62.4. The normalized spacial score (nSPS) is 20.7. The van der Waals surface area contributed by atoms with Crippen molar-refractivity contribution >= 4 is 150 Å². The summed E-state index contributed by atoms with van der Waals surface area (Å²) in [6.07, 6.45) is 13.6. The van der Waals surface area contributed by atoms with Crippen LogP contribution in [0.25, 0.3) is 134 Å². The smallest absolute Gasteiger partial charge is 0.456 e. The van der Waals surface area contributed by atoms with E-state index in [9.17, 15) is 0 Å². The quantitative estimate of drug-likeness (QED) is 0.162. The van der Waals surface area contributed by atoms with Gasteiger partial charge in [0.15, 0.2) is 0 Å². The van der Waals surface area contributed by atoms with Crippen LogP contribution in [0.2, 0.25) is 0 Å². The van der Waals surface area contributed by atoms with Crippen molar-refractivity contribution in [3.63, 3.8) is 0 Å². The predicted octanol–water partition coefficient (Wildman–Crippen LogP) is 26.7. The van der Waals surface area contributed by atoms with E-state index < -0.39 is 71.2 Å². The number of para-hydroxylation sites is 2. The Labute approximate surface area is 756 Å². The van der Waals surface area contributed by atoms with Gasteiger partial charge >= 0.3 is 21.4 Å². The molecule has 3 atom stereocenters. The molecule has 129 heavy (non-hydrogen) atoms. The van der Waals surface area contributed by atoms with E-state index >= 15 is 0 Å². The molecule has 0 radical (unpaired) electrons. The maximum absolute atomic E-state index is 6.67. The summed E-state index contributed by atoms with van der Waals surface area (Å²) >= 11 is 1.89. The Morgan fingerprint density at radius 2 is 0.558 bits per heavy atom. The summed E-state index contributed by atoms with van der Waals surface area (Å²) in [6.45, 7) is 25.3. The summed E-state index contributed by atoms with van der Waals surface area (Å²) in [4.78, 5) is 0. The maximum atomic E-state index is 6.67. The van der Waals surface area contributed by atoms with Gasteiger partial charge in [0.1, 0.15) is 22.3 Å². The number of hydrogen-bond acceptors (Lipinski definition) is 9. The zero-order valence-corrected chi connectivity index (χ0v) is 75.1. The van der Waals surface area contributed by atoms with Crippen molar-refractivity contribution in [2.24, 2.45) is 0 Å². The second kappa shape index (κ2) is 27.7. The van der Waals surface area contributed by atoms with Gasteiger partial charge < -0.3 is 36.8 Å². The van der Waals surface area contributed by atoms with Crippen molar-refractivity contribution in [2.75, 3.05) is 0 Å². The fourth-order valence-electron chi connectivity index (χ4n) is 22.9. The van der Waals surface area contributed by atoms with Gasteiger partial charge in [0.05, 0.1) is 49.9 Å². The first kappa shape index (κ1) is 78.5. The summed E-state index contributed by atoms with van der Waals surface area (Å²) in [6, 6.07) is 113. The fraction of sp³-hybridized carbons (Fsp3) is 0.179. The molecular weight excluding hydrogens is 1600 g/mol. The SMILES string of the molecule is CC1(C)OB(c2ccc3c(c2)C2(c4ccccc4C=C3)c3ccccc3-c3c2ccc2sc4ccccc4c32)OC1(C)C.CC1(C)OB(c2ccc3c(c2)C=Cc2ccccc2C32c3ccccc3-c3c2ccc2c3oc3ccccc32)OC1(C)C.CC1(C)OB(c2ccc3c(c2)C=Cc2ccccc2C32c3ccccc3-c3c2ccc2oc4ccccc4c32)OC1(C)C. The lowest BCUT2D eigenvalue weighted by Gasteiger charge is -2.35. The summed E-state index contributed by atoms with van der Waals surface area (Å²) in [5, 5.41) is 7.32. The van der Waals surface area contributed by atoms with E-state index in [1.54, 1.807) is 0 Å². The Hall–Kier alpha value is -12.7. The molecule has 624 valence electrons. The Bertz CT molecular complexity index is 7930. The molecular formula is C117H93B3O8S. The molecule has 18 aromatic rings. The van der Waals surface area contributed by atoms with Gasteiger partial charge in [-0.05, 0) is 258 Å². The number of thiophene rings is 1. The highest BCUT2D eigenvalue weighted by Gasteiger charge is 2.58. The van der Waals surface area contributed by atoms with Crippen LogP contribution >= 0.6 is 11.3 Å². The minimum absolute atomic E-state index is 0.403. The van der Waals surface area contributed by atoms with E-state index in [-0.39, 0.29) is 0 Å². The lowest BCUT2D eigenvalue weighted by atomic mass is 9.64. The molecule has 3 fully saturated rings. The van der Waals surface area contributed by atoms with E-state index in [2.05, 4.69) is 417 Å². The fourth-order valence-corrected chi connectivity index (χ4v) is 24.0. The standard InChI is InChI=1S/2C39H31BO3.C39H31BO2S/c1-37(2)38(3,4)43-40(42-37)26-19-21-31-25(23-26)18-17-24-11-5-8-14-30(24)39(31)32-15-9-6-13-29(32)35-33(39)22-20-28-27-12-7-10-16-34(27)41-36(28)35;1-37(2)38(3,4)43-40(42-37)26-19-20-30-25(23-26)18-17-24-11-5-8-14-29(24)39(30)31-15-9-6-12-27(31)35-32(39)21-22-34-36(35)28-13-7-10-16-33(28)41-34;1-37(2)38(3,4)42-40(41-37)26-20-19-25-18-17-24-11-5-8-14-29(24)39(32(25)23-26)30-15-9-6-12-27(30)35-31(39)21-22-34-36(35)28-13-7-10-16-33(28)43-34/h3*5-23H,1-4H3. The van der Waals surface area contributed by atoms with Crippen molar-refractivity contribution in [1.82, 2.24) is 0 Å². The molecule has 3 aromatic heterocycles.